The molecule has 102 valence electrons. The Labute approximate surface area is 119 Å². The van der Waals surface area contributed by atoms with E-state index in [9.17, 15) is 0 Å². The normalized spacial score (nSPS) is 22.9. The van der Waals surface area contributed by atoms with Gasteiger partial charge in [-0.3, -0.25) is 9.98 Å². The molecule has 20 heavy (non-hydrogen) atoms. The van der Waals surface area contributed by atoms with Gasteiger partial charge in [0, 0.05) is 30.3 Å². The summed E-state index contributed by atoms with van der Waals surface area (Å²) in [6, 6.07) is 6.25. The molecular formula is C16H18N4. The number of aliphatic imine (C=N–C) groups is 1. The average Bonchev–Trinajstić information content (AvgIpc) is 2.42. The molecule has 0 aliphatic heterocycles. The van der Waals surface area contributed by atoms with Crippen LogP contribution < -0.4 is 5.73 Å². The van der Waals surface area contributed by atoms with Crippen molar-refractivity contribution >= 4 is 11.8 Å². The second-order valence-corrected chi connectivity index (χ2v) is 4.94. The molecule has 1 heterocycles. The Morgan fingerprint density at radius 3 is 3.00 bits per heavy atom. The number of nitrogens with zero attached hydrogens (tertiary/aromatic N) is 3. The van der Waals surface area contributed by atoms with E-state index in [1.165, 1.54) is 0 Å². The molecule has 0 aromatic carbocycles. The molecule has 2 N–H and O–H groups in total. The number of aromatic nitrogens is 1. The summed E-state index contributed by atoms with van der Waals surface area (Å²) < 4.78 is 0. The van der Waals surface area contributed by atoms with Gasteiger partial charge >= 0.3 is 0 Å². The molecule has 1 aliphatic rings. The van der Waals surface area contributed by atoms with E-state index in [0.29, 0.717) is 12.0 Å². The zero-order chi connectivity index (χ0) is 14.4. The zero-order valence-electron chi connectivity index (χ0n) is 11.5. The minimum atomic E-state index is 0.322. The van der Waals surface area contributed by atoms with Gasteiger partial charge in [0.15, 0.2) is 0 Å². The van der Waals surface area contributed by atoms with Crippen molar-refractivity contribution in [3.63, 3.8) is 0 Å². The lowest BCUT2D eigenvalue weighted by Gasteiger charge is -2.29. The number of aryl methyl sites for hydroxylation is 1. The molecule has 4 heteroatoms. The van der Waals surface area contributed by atoms with Crippen LogP contribution in [0.1, 0.15) is 24.1 Å². The SMILES string of the molecule is Cc1cccnc1C(C=NC1CC(/C=C/C#N)C1)=CN. The molecule has 0 bridgehead atoms. The first kappa shape index (κ1) is 14.0. The summed E-state index contributed by atoms with van der Waals surface area (Å²) in [5, 5.41) is 8.47. The van der Waals surface area contributed by atoms with E-state index in [2.05, 4.69) is 9.98 Å². The summed E-state index contributed by atoms with van der Waals surface area (Å²) in [5.74, 6) is 0.485. The average molecular weight is 266 g/mol. The van der Waals surface area contributed by atoms with Gasteiger partial charge < -0.3 is 5.73 Å². The number of nitrogens with two attached hydrogens (primary N) is 1. The van der Waals surface area contributed by atoms with E-state index in [4.69, 9.17) is 11.0 Å². The Bertz CT molecular complexity index is 587. The molecule has 1 saturated carbocycles. The lowest BCUT2D eigenvalue weighted by Crippen LogP contribution is -2.25. The van der Waals surface area contributed by atoms with E-state index in [1.807, 2.05) is 37.4 Å². The van der Waals surface area contributed by atoms with Crippen molar-refractivity contribution in [2.45, 2.75) is 25.8 Å². The third kappa shape index (κ3) is 3.33. The lowest BCUT2D eigenvalue weighted by atomic mass is 9.80. The number of hydrogen-bond donors (Lipinski definition) is 1. The summed E-state index contributed by atoms with van der Waals surface area (Å²) >= 11 is 0. The highest BCUT2D eigenvalue weighted by Gasteiger charge is 2.26. The topological polar surface area (TPSA) is 75.1 Å². The summed E-state index contributed by atoms with van der Waals surface area (Å²) in [5.41, 5.74) is 8.47. The summed E-state index contributed by atoms with van der Waals surface area (Å²) in [7, 11) is 0. The van der Waals surface area contributed by atoms with Crippen molar-refractivity contribution < 1.29 is 0 Å². The van der Waals surface area contributed by atoms with Crippen LogP contribution >= 0.6 is 0 Å². The molecule has 0 unspecified atom stereocenters. The van der Waals surface area contributed by atoms with Gasteiger partial charge in [0.1, 0.15) is 0 Å². The van der Waals surface area contributed by atoms with Crippen LogP contribution in [0.5, 0.6) is 0 Å². The number of hydrogen-bond acceptors (Lipinski definition) is 4. The molecule has 4 nitrogen and oxygen atoms in total. The smallest absolute Gasteiger partial charge is 0.0908 e. The number of nitriles is 1. The predicted octanol–water partition coefficient (Wildman–Crippen LogP) is 2.62. The minimum Gasteiger partial charge on any atom is -0.404 e. The maximum absolute atomic E-state index is 8.47. The molecule has 1 fully saturated rings. The van der Waals surface area contributed by atoms with Crippen molar-refractivity contribution in [2.75, 3.05) is 0 Å². The molecule has 0 amide bonds. The van der Waals surface area contributed by atoms with Crippen LogP contribution in [0.3, 0.4) is 0 Å². The van der Waals surface area contributed by atoms with Gasteiger partial charge in [-0.25, -0.2) is 0 Å². The van der Waals surface area contributed by atoms with Gasteiger partial charge in [0.25, 0.3) is 0 Å². The van der Waals surface area contributed by atoms with Crippen LogP contribution in [-0.4, -0.2) is 17.2 Å². The molecule has 0 atom stereocenters. The summed E-state index contributed by atoms with van der Waals surface area (Å²) in [6.45, 7) is 2.01. The fourth-order valence-corrected chi connectivity index (χ4v) is 2.24. The van der Waals surface area contributed by atoms with Crippen molar-refractivity contribution in [3.05, 3.63) is 47.9 Å². The molecule has 0 radical (unpaired) electrons. The number of rotatable bonds is 4. The van der Waals surface area contributed by atoms with Crippen molar-refractivity contribution in [3.8, 4) is 6.07 Å². The van der Waals surface area contributed by atoms with Crippen LogP contribution in [0.4, 0.5) is 0 Å². The quantitative estimate of drug-likeness (QED) is 0.672. The molecule has 1 aliphatic carbocycles. The van der Waals surface area contributed by atoms with Crippen molar-refractivity contribution in [2.24, 2.45) is 16.6 Å². The Morgan fingerprint density at radius 2 is 2.35 bits per heavy atom. The van der Waals surface area contributed by atoms with E-state index in [0.717, 1.165) is 29.7 Å². The highest BCUT2D eigenvalue weighted by Crippen LogP contribution is 2.31. The van der Waals surface area contributed by atoms with Gasteiger partial charge in [0.05, 0.1) is 17.8 Å². The fourth-order valence-electron chi connectivity index (χ4n) is 2.24. The fraction of sp³-hybridized carbons (Fsp3) is 0.312. The second kappa shape index (κ2) is 6.67. The van der Waals surface area contributed by atoms with E-state index >= 15 is 0 Å². The van der Waals surface area contributed by atoms with Crippen LogP contribution in [0.15, 0.2) is 41.7 Å². The van der Waals surface area contributed by atoms with Gasteiger partial charge in [-0.2, -0.15) is 5.26 Å². The largest absolute Gasteiger partial charge is 0.404 e. The molecule has 1 aromatic rings. The van der Waals surface area contributed by atoms with Crippen LogP contribution in [0.25, 0.3) is 5.57 Å². The Morgan fingerprint density at radius 1 is 1.55 bits per heavy atom. The summed E-state index contributed by atoms with van der Waals surface area (Å²) in [4.78, 5) is 8.89. The van der Waals surface area contributed by atoms with Crippen LogP contribution in [0, 0.1) is 24.2 Å². The predicted molar refractivity (Wildman–Crippen MR) is 80.9 cm³/mol. The number of pyridine rings is 1. The van der Waals surface area contributed by atoms with Crippen molar-refractivity contribution in [1.29, 1.82) is 5.26 Å². The van der Waals surface area contributed by atoms with Gasteiger partial charge in [-0.05, 0) is 37.3 Å². The monoisotopic (exact) mass is 266 g/mol. The van der Waals surface area contributed by atoms with E-state index in [1.54, 1.807) is 18.5 Å². The molecular weight excluding hydrogens is 248 g/mol. The highest BCUT2D eigenvalue weighted by molar-refractivity contribution is 6.09. The minimum absolute atomic E-state index is 0.322. The summed E-state index contributed by atoms with van der Waals surface area (Å²) in [6.07, 6.45) is 10.6. The Hall–Kier alpha value is -2.41. The number of allylic oxidation sites excluding steroid dienone is 3. The van der Waals surface area contributed by atoms with Crippen LogP contribution in [-0.2, 0) is 0 Å². The maximum Gasteiger partial charge on any atom is 0.0908 e. The Balaban J connectivity index is 1.96. The van der Waals surface area contributed by atoms with Gasteiger partial charge in [-0.15, -0.1) is 0 Å². The van der Waals surface area contributed by atoms with E-state index in [-0.39, 0.29) is 0 Å². The first-order valence-corrected chi connectivity index (χ1v) is 6.68. The highest BCUT2D eigenvalue weighted by atomic mass is 14.8. The molecule has 1 aromatic heterocycles. The van der Waals surface area contributed by atoms with Gasteiger partial charge in [0.2, 0.25) is 0 Å². The third-order valence-corrected chi connectivity index (χ3v) is 3.48. The third-order valence-electron chi connectivity index (χ3n) is 3.48. The van der Waals surface area contributed by atoms with Gasteiger partial charge in [-0.1, -0.05) is 12.1 Å². The zero-order valence-corrected chi connectivity index (χ0v) is 11.5. The standard InChI is InChI=1S/C16H18N4/c1-12-4-3-7-19-16(12)14(10-18)11-20-15-8-13(9-15)5-2-6-17/h2-5,7,10-11,13,15H,8-9,18H2,1H3/b5-2+,14-10?,20-11?. The molecule has 0 spiro atoms. The Kier molecular flexibility index (Phi) is 4.67. The van der Waals surface area contributed by atoms with E-state index < -0.39 is 0 Å². The second-order valence-electron chi connectivity index (χ2n) is 4.94. The molecule has 0 saturated heterocycles. The first-order valence-electron chi connectivity index (χ1n) is 6.68. The van der Waals surface area contributed by atoms with Crippen molar-refractivity contribution in [1.82, 2.24) is 4.98 Å². The first-order chi connectivity index (χ1) is 9.74. The van der Waals surface area contributed by atoms with Crippen LogP contribution in [0.2, 0.25) is 0 Å². The lowest BCUT2D eigenvalue weighted by molar-refractivity contribution is 0.327. The maximum atomic E-state index is 8.47. The molecule has 2 rings (SSSR count).